The summed E-state index contributed by atoms with van der Waals surface area (Å²) in [5.41, 5.74) is 4.35. The number of benzene rings is 3. The van der Waals surface area contributed by atoms with Crippen molar-refractivity contribution in [1.29, 1.82) is 0 Å². The number of fused-ring (bicyclic) bond motifs is 2. The molecule has 0 unspecified atom stereocenters. The highest BCUT2D eigenvalue weighted by Gasteiger charge is 2.17. The Morgan fingerprint density at radius 3 is 2.43 bits per heavy atom. The molecule has 1 heterocycles. The van der Waals surface area contributed by atoms with E-state index in [0.717, 1.165) is 31.8 Å². The molecule has 0 bridgehead atoms. The molecule has 2 heteroatoms. The van der Waals surface area contributed by atoms with Crippen molar-refractivity contribution in [2.45, 2.75) is 19.5 Å². The predicted molar refractivity (Wildman–Crippen MR) is 94.8 cm³/mol. The zero-order valence-corrected chi connectivity index (χ0v) is 13.5. The Balaban J connectivity index is 1.64. The van der Waals surface area contributed by atoms with Crippen LogP contribution in [-0.2, 0) is 19.5 Å². The van der Waals surface area contributed by atoms with E-state index in [9.17, 15) is 0 Å². The number of nitrogens with zero attached hydrogens (tertiary/aromatic N) is 1. The van der Waals surface area contributed by atoms with Crippen molar-refractivity contribution in [3.63, 3.8) is 0 Å². The average Bonchev–Trinajstić information content (AvgIpc) is 2.62. The molecule has 1 aliphatic heterocycles. The van der Waals surface area contributed by atoms with Gasteiger partial charge in [-0.1, -0.05) is 54.6 Å². The van der Waals surface area contributed by atoms with Crippen LogP contribution < -0.4 is 4.74 Å². The highest BCUT2D eigenvalue weighted by atomic mass is 16.5. The molecule has 116 valence electrons. The second kappa shape index (κ2) is 6.05. The summed E-state index contributed by atoms with van der Waals surface area (Å²) in [4.78, 5) is 2.54. The van der Waals surface area contributed by atoms with Crippen molar-refractivity contribution in [3.05, 3.63) is 77.4 Å². The summed E-state index contributed by atoms with van der Waals surface area (Å²) in [6, 6.07) is 21.6. The Hall–Kier alpha value is -2.32. The maximum absolute atomic E-state index is 5.51. The molecule has 0 radical (unpaired) electrons. The van der Waals surface area contributed by atoms with Gasteiger partial charge in [0.05, 0.1) is 7.11 Å². The van der Waals surface area contributed by atoms with E-state index in [-0.39, 0.29) is 0 Å². The van der Waals surface area contributed by atoms with Crippen LogP contribution in [0.5, 0.6) is 5.75 Å². The standard InChI is InChI=1S/C21H21NO/c1-23-21-11-10-18(19-8-4-5-9-20(19)21)15-22-13-12-16-6-2-3-7-17(16)14-22/h2-11H,12-15H2,1H3. The van der Waals surface area contributed by atoms with Crippen molar-refractivity contribution in [1.82, 2.24) is 4.90 Å². The fourth-order valence-electron chi connectivity index (χ4n) is 3.58. The van der Waals surface area contributed by atoms with Crippen LogP contribution in [0.25, 0.3) is 10.8 Å². The summed E-state index contributed by atoms with van der Waals surface area (Å²) in [5, 5.41) is 2.50. The Bertz CT molecular complexity index is 840. The largest absolute Gasteiger partial charge is 0.496 e. The second-order valence-electron chi connectivity index (χ2n) is 6.20. The molecule has 0 aliphatic carbocycles. The van der Waals surface area contributed by atoms with Crippen LogP contribution in [0.15, 0.2) is 60.7 Å². The van der Waals surface area contributed by atoms with Gasteiger partial charge in [-0.2, -0.15) is 0 Å². The Morgan fingerprint density at radius 2 is 1.61 bits per heavy atom. The maximum Gasteiger partial charge on any atom is 0.126 e. The van der Waals surface area contributed by atoms with E-state index in [4.69, 9.17) is 4.74 Å². The SMILES string of the molecule is COc1ccc(CN2CCc3ccccc3C2)c2ccccc12. The molecule has 0 N–H and O–H groups in total. The van der Waals surface area contributed by atoms with Crippen LogP contribution in [-0.4, -0.2) is 18.6 Å². The van der Waals surface area contributed by atoms with Gasteiger partial charge in [0.2, 0.25) is 0 Å². The Labute approximate surface area is 137 Å². The number of hydrogen-bond acceptors (Lipinski definition) is 2. The highest BCUT2D eigenvalue weighted by molar-refractivity contribution is 5.91. The molecule has 2 nitrogen and oxygen atoms in total. The van der Waals surface area contributed by atoms with Gasteiger partial charge in [-0.05, 0) is 34.6 Å². The van der Waals surface area contributed by atoms with Gasteiger partial charge in [-0.25, -0.2) is 0 Å². The van der Waals surface area contributed by atoms with E-state index >= 15 is 0 Å². The molecule has 0 saturated heterocycles. The number of rotatable bonds is 3. The molecule has 4 rings (SSSR count). The summed E-state index contributed by atoms with van der Waals surface area (Å²) in [6.07, 6.45) is 1.14. The maximum atomic E-state index is 5.51. The third-order valence-electron chi connectivity index (χ3n) is 4.80. The van der Waals surface area contributed by atoms with Gasteiger partial charge in [-0.3, -0.25) is 4.90 Å². The summed E-state index contributed by atoms with van der Waals surface area (Å²) in [6.45, 7) is 3.15. The van der Waals surface area contributed by atoms with Crippen LogP contribution in [0.1, 0.15) is 16.7 Å². The minimum atomic E-state index is 0.952. The number of hydrogen-bond donors (Lipinski definition) is 0. The van der Waals surface area contributed by atoms with E-state index in [1.54, 1.807) is 7.11 Å². The molecule has 0 aromatic heterocycles. The highest BCUT2D eigenvalue weighted by Crippen LogP contribution is 2.30. The van der Waals surface area contributed by atoms with Crippen LogP contribution in [0.2, 0.25) is 0 Å². The molecule has 0 saturated carbocycles. The molecular formula is C21H21NO. The third kappa shape index (κ3) is 2.71. The fraction of sp³-hybridized carbons (Fsp3) is 0.238. The van der Waals surface area contributed by atoms with Crippen molar-refractivity contribution in [2.24, 2.45) is 0 Å². The predicted octanol–water partition coefficient (Wildman–Crippen LogP) is 4.41. The molecule has 23 heavy (non-hydrogen) atoms. The lowest BCUT2D eigenvalue weighted by molar-refractivity contribution is 0.246. The summed E-state index contributed by atoms with van der Waals surface area (Å²) in [7, 11) is 1.74. The van der Waals surface area contributed by atoms with E-state index in [1.165, 1.54) is 27.5 Å². The second-order valence-corrected chi connectivity index (χ2v) is 6.20. The van der Waals surface area contributed by atoms with Gasteiger partial charge in [-0.15, -0.1) is 0 Å². The first-order valence-electron chi connectivity index (χ1n) is 8.19. The summed E-state index contributed by atoms with van der Waals surface area (Å²) >= 11 is 0. The molecule has 0 fully saturated rings. The molecule has 1 aliphatic rings. The van der Waals surface area contributed by atoms with Crippen molar-refractivity contribution < 1.29 is 4.74 Å². The molecule has 0 amide bonds. The summed E-state index contributed by atoms with van der Waals surface area (Å²) < 4.78 is 5.51. The topological polar surface area (TPSA) is 12.5 Å². The Kier molecular flexibility index (Phi) is 3.76. The van der Waals surface area contributed by atoms with Gasteiger partial charge in [0.25, 0.3) is 0 Å². The van der Waals surface area contributed by atoms with Gasteiger partial charge < -0.3 is 4.74 Å². The van der Waals surface area contributed by atoms with Crippen LogP contribution >= 0.6 is 0 Å². The first-order chi connectivity index (χ1) is 11.3. The minimum Gasteiger partial charge on any atom is -0.496 e. The van der Waals surface area contributed by atoms with E-state index in [1.807, 2.05) is 0 Å². The van der Waals surface area contributed by atoms with Gasteiger partial charge >= 0.3 is 0 Å². The van der Waals surface area contributed by atoms with E-state index < -0.39 is 0 Å². The summed E-state index contributed by atoms with van der Waals surface area (Å²) in [5.74, 6) is 0.952. The van der Waals surface area contributed by atoms with Crippen molar-refractivity contribution in [2.75, 3.05) is 13.7 Å². The monoisotopic (exact) mass is 303 g/mol. The smallest absolute Gasteiger partial charge is 0.126 e. The van der Waals surface area contributed by atoms with Crippen molar-refractivity contribution in [3.8, 4) is 5.75 Å². The zero-order chi connectivity index (χ0) is 15.6. The molecule has 3 aromatic carbocycles. The average molecular weight is 303 g/mol. The van der Waals surface area contributed by atoms with Gasteiger partial charge in [0.15, 0.2) is 0 Å². The minimum absolute atomic E-state index is 0.952. The quantitative estimate of drug-likeness (QED) is 0.711. The molecule has 0 spiro atoms. The van der Waals surface area contributed by atoms with Crippen LogP contribution in [0.3, 0.4) is 0 Å². The zero-order valence-electron chi connectivity index (χ0n) is 13.5. The molecule has 3 aromatic rings. The van der Waals surface area contributed by atoms with Crippen LogP contribution in [0.4, 0.5) is 0 Å². The first-order valence-corrected chi connectivity index (χ1v) is 8.19. The Morgan fingerprint density at radius 1 is 0.870 bits per heavy atom. The molecule has 0 atom stereocenters. The lowest BCUT2D eigenvalue weighted by Gasteiger charge is -2.29. The number of ether oxygens (including phenoxy) is 1. The number of methoxy groups -OCH3 is 1. The van der Waals surface area contributed by atoms with E-state index in [0.29, 0.717) is 0 Å². The fourth-order valence-corrected chi connectivity index (χ4v) is 3.58. The lowest BCUT2D eigenvalue weighted by Crippen LogP contribution is -2.30. The van der Waals surface area contributed by atoms with Gasteiger partial charge in [0, 0.05) is 25.0 Å². The normalized spacial score (nSPS) is 14.7. The lowest BCUT2D eigenvalue weighted by atomic mass is 9.98. The van der Waals surface area contributed by atoms with Crippen LogP contribution in [0, 0.1) is 0 Å². The van der Waals surface area contributed by atoms with Crippen molar-refractivity contribution >= 4 is 10.8 Å². The third-order valence-corrected chi connectivity index (χ3v) is 4.80. The van der Waals surface area contributed by atoms with Gasteiger partial charge in [0.1, 0.15) is 5.75 Å². The first kappa shape index (κ1) is 14.3. The molecular weight excluding hydrogens is 282 g/mol. The van der Waals surface area contributed by atoms with E-state index in [2.05, 4.69) is 65.6 Å².